The van der Waals surface area contributed by atoms with Gasteiger partial charge < -0.3 is 24.6 Å². The van der Waals surface area contributed by atoms with Gasteiger partial charge in [0.05, 0.1) is 24.2 Å². The summed E-state index contributed by atoms with van der Waals surface area (Å²) < 4.78 is 76.3. The number of hydrogen-bond acceptors (Lipinski definition) is 9. The maximum absolute atomic E-state index is 14.1. The van der Waals surface area contributed by atoms with E-state index in [0.717, 1.165) is 0 Å². The number of hydrogen-bond donors (Lipinski definition) is 1. The highest BCUT2D eigenvalue weighted by Gasteiger charge is 2.31. The van der Waals surface area contributed by atoms with Gasteiger partial charge in [-0.1, -0.05) is 12.1 Å². The Labute approximate surface area is 237 Å². The Hall–Kier alpha value is -4.27. The van der Waals surface area contributed by atoms with Crippen LogP contribution in [0.3, 0.4) is 0 Å². The minimum atomic E-state index is -4.75. The van der Waals surface area contributed by atoms with Crippen molar-refractivity contribution in [1.82, 2.24) is 24.5 Å². The zero-order valence-corrected chi connectivity index (χ0v) is 22.3. The van der Waals surface area contributed by atoms with E-state index in [1.807, 2.05) is 9.80 Å². The van der Waals surface area contributed by atoms with E-state index in [1.54, 1.807) is 24.3 Å². The zero-order valence-electron chi connectivity index (χ0n) is 22.3. The first-order valence-corrected chi connectivity index (χ1v) is 13.5. The molecule has 42 heavy (non-hydrogen) atoms. The van der Waals surface area contributed by atoms with E-state index < -0.39 is 18.6 Å². The summed E-state index contributed by atoms with van der Waals surface area (Å²) in [7, 11) is 0. The molecule has 2 aliphatic rings. The average Bonchev–Trinajstić information content (AvgIpc) is 3.38. The lowest BCUT2D eigenvalue weighted by Gasteiger charge is -2.34. The van der Waals surface area contributed by atoms with Crippen LogP contribution < -0.4 is 19.9 Å². The number of rotatable bonds is 7. The molecule has 4 heterocycles. The molecular formula is C27H27F5N8O2. The molecule has 15 heteroatoms. The number of aromatic nitrogens is 5. The second-order valence-electron chi connectivity index (χ2n) is 9.91. The van der Waals surface area contributed by atoms with Gasteiger partial charge in [-0.15, -0.1) is 13.2 Å². The Balaban J connectivity index is 1.24. The molecule has 2 fully saturated rings. The first kappa shape index (κ1) is 27.9. The van der Waals surface area contributed by atoms with Gasteiger partial charge in [0.25, 0.3) is 6.43 Å². The van der Waals surface area contributed by atoms with Crippen molar-refractivity contribution in [2.75, 3.05) is 54.5 Å². The predicted octanol–water partition coefficient (Wildman–Crippen LogP) is 4.96. The van der Waals surface area contributed by atoms with Crippen LogP contribution in [0.5, 0.6) is 5.75 Å². The minimum Gasteiger partial charge on any atom is -0.406 e. The third-order valence-electron chi connectivity index (χ3n) is 7.11. The van der Waals surface area contributed by atoms with Crippen molar-refractivity contribution in [2.24, 2.45) is 0 Å². The van der Waals surface area contributed by atoms with E-state index in [0.29, 0.717) is 80.9 Å². The van der Waals surface area contributed by atoms with E-state index in [4.69, 9.17) is 9.72 Å². The lowest BCUT2D eigenvalue weighted by molar-refractivity contribution is -0.274. The second-order valence-corrected chi connectivity index (χ2v) is 9.91. The van der Waals surface area contributed by atoms with Gasteiger partial charge in [-0.3, -0.25) is 4.57 Å². The highest BCUT2D eigenvalue weighted by atomic mass is 19.4. The molecule has 0 saturated carbocycles. The number of fused-ring (bicyclic) bond motifs is 1. The highest BCUT2D eigenvalue weighted by Crippen LogP contribution is 2.30. The summed E-state index contributed by atoms with van der Waals surface area (Å²) in [5.74, 6) is 0.0669. The van der Waals surface area contributed by atoms with Gasteiger partial charge >= 0.3 is 6.36 Å². The number of nitrogens with zero attached hydrogens (tertiary/aromatic N) is 7. The number of piperidine rings is 1. The zero-order chi connectivity index (χ0) is 29.3. The fraction of sp³-hybridized carbons (Fsp3) is 0.407. The van der Waals surface area contributed by atoms with Crippen molar-refractivity contribution in [3.8, 4) is 11.7 Å². The van der Waals surface area contributed by atoms with Gasteiger partial charge in [-0.05, 0) is 49.2 Å². The summed E-state index contributed by atoms with van der Waals surface area (Å²) in [6.07, 6.45) is -6.22. The fourth-order valence-electron chi connectivity index (χ4n) is 5.10. The topological polar surface area (TPSA) is 93.5 Å². The van der Waals surface area contributed by atoms with Crippen LogP contribution in [0.1, 0.15) is 25.1 Å². The molecule has 0 spiro atoms. The van der Waals surface area contributed by atoms with Crippen LogP contribution in [0.15, 0.2) is 48.5 Å². The maximum atomic E-state index is 14.1. The van der Waals surface area contributed by atoms with Crippen molar-refractivity contribution < 1.29 is 31.4 Å². The van der Waals surface area contributed by atoms with E-state index in [-0.39, 0.29) is 17.7 Å². The van der Waals surface area contributed by atoms with Crippen LogP contribution >= 0.6 is 0 Å². The number of nitrogens with one attached hydrogen (secondary N) is 1. The smallest absolute Gasteiger partial charge is 0.406 e. The number of ether oxygens (including phenoxy) is 2. The van der Waals surface area contributed by atoms with E-state index >= 15 is 0 Å². The first-order chi connectivity index (χ1) is 20.2. The Morgan fingerprint density at radius 1 is 0.810 bits per heavy atom. The van der Waals surface area contributed by atoms with Crippen molar-refractivity contribution in [3.05, 3.63) is 54.4 Å². The Morgan fingerprint density at radius 2 is 1.43 bits per heavy atom. The van der Waals surface area contributed by atoms with Gasteiger partial charge in [-0.2, -0.15) is 15.0 Å². The summed E-state index contributed by atoms with van der Waals surface area (Å²) in [5, 5.41) is 3.35. The molecule has 1 N–H and O–H groups in total. The van der Waals surface area contributed by atoms with Crippen LogP contribution in [0, 0.1) is 0 Å². The third-order valence-corrected chi connectivity index (χ3v) is 7.11. The fourth-order valence-corrected chi connectivity index (χ4v) is 5.10. The third kappa shape index (κ3) is 6.15. The largest absolute Gasteiger partial charge is 0.573 e. The van der Waals surface area contributed by atoms with Crippen molar-refractivity contribution in [3.63, 3.8) is 0 Å². The molecule has 2 aromatic carbocycles. The van der Waals surface area contributed by atoms with Gasteiger partial charge in [0.15, 0.2) is 5.82 Å². The average molecular weight is 591 g/mol. The van der Waals surface area contributed by atoms with Gasteiger partial charge in [0, 0.05) is 37.9 Å². The van der Waals surface area contributed by atoms with Crippen LogP contribution in [-0.2, 0) is 4.74 Å². The van der Waals surface area contributed by atoms with Crippen LogP contribution in [0.4, 0.5) is 39.5 Å². The molecule has 2 aliphatic heterocycles. The lowest BCUT2D eigenvalue weighted by Crippen LogP contribution is -2.41. The quantitative estimate of drug-likeness (QED) is 0.300. The Kier molecular flexibility index (Phi) is 7.66. The molecule has 10 nitrogen and oxygen atoms in total. The molecule has 0 atom stereocenters. The number of morpholine rings is 1. The van der Waals surface area contributed by atoms with Crippen molar-refractivity contribution in [1.29, 1.82) is 0 Å². The van der Waals surface area contributed by atoms with E-state index in [2.05, 4.69) is 25.0 Å². The summed E-state index contributed by atoms with van der Waals surface area (Å²) in [5.41, 5.74) is 1.55. The molecule has 0 aliphatic carbocycles. The van der Waals surface area contributed by atoms with E-state index in [1.165, 1.54) is 28.8 Å². The molecular weight excluding hydrogens is 563 g/mol. The number of alkyl halides is 5. The van der Waals surface area contributed by atoms with Crippen LogP contribution in [0.25, 0.3) is 17.0 Å². The lowest BCUT2D eigenvalue weighted by atomic mass is 10.0. The molecule has 0 bridgehead atoms. The highest BCUT2D eigenvalue weighted by molar-refractivity contribution is 5.77. The predicted molar refractivity (Wildman–Crippen MR) is 144 cm³/mol. The van der Waals surface area contributed by atoms with E-state index in [9.17, 15) is 22.0 Å². The second kappa shape index (κ2) is 11.5. The Bertz CT molecular complexity index is 1520. The molecule has 222 valence electrons. The summed E-state index contributed by atoms with van der Waals surface area (Å²) in [6.45, 7) is 3.21. The minimum absolute atomic E-state index is 0.0543. The van der Waals surface area contributed by atoms with Crippen molar-refractivity contribution in [2.45, 2.75) is 31.7 Å². The maximum Gasteiger partial charge on any atom is 0.573 e. The number of halogens is 5. The number of imidazole rings is 1. The molecule has 6 rings (SSSR count). The van der Waals surface area contributed by atoms with Gasteiger partial charge in [-0.25, -0.2) is 13.8 Å². The molecule has 0 amide bonds. The van der Waals surface area contributed by atoms with Gasteiger partial charge in [0.2, 0.25) is 17.8 Å². The monoisotopic (exact) mass is 590 g/mol. The molecule has 2 aromatic heterocycles. The molecule has 4 aromatic rings. The van der Waals surface area contributed by atoms with Gasteiger partial charge in [0.1, 0.15) is 5.75 Å². The summed E-state index contributed by atoms with van der Waals surface area (Å²) in [6, 6.07) is 12.5. The number of benzene rings is 2. The number of anilines is 3. The molecule has 0 unspecified atom stereocenters. The Morgan fingerprint density at radius 3 is 2.07 bits per heavy atom. The number of para-hydroxylation sites is 2. The van der Waals surface area contributed by atoms with Crippen molar-refractivity contribution >= 4 is 28.6 Å². The standard InChI is InChI=1S/C27H27F5N8O2/c28-22(29)23-34-20-3-1-2-4-21(20)40(23)26-36-24(35-25(37-26)39-13-15-41-16-14-39)38-11-9-18(10-12-38)33-17-5-7-19(8-6-17)42-27(30,31)32/h1-8,18,22,33H,9-16H2. The molecule has 0 radical (unpaired) electrons. The van der Waals surface area contributed by atoms with Crippen LogP contribution in [-0.4, -0.2) is 76.3 Å². The van der Waals surface area contributed by atoms with Crippen LogP contribution in [0.2, 0.25) is 0 Å². The first-order valence-electron chi connectivity index (χ1n) is 13.5. The summed E-state index contributed by atoms with van der Waals surface area (Å²) in [4.78, 5) is 22.0. The summed E-state index contributed by atoms with van der Waals surface area (Å²) >= 11 is 0. The normalized spacial score (nSPS) is 16.8. The molecule has 2 saturated heterocycles. The SMILES string of the molecule is FC(F)c1nc2ccccc2n1-c1nc(N2CCOCC2)nc(N2CCC(Nc3ccc(OC(F)(F)F)cc3)CC2)n1.